The zero-order valence-electron chi connectivity index (χ0n) is 9.59. The normalized spacial score (nSPS) is 11.3. The highest BCUT2D eigenvalue weighted by atomic mass is 79.9. The minimum absolute atomic E-state index is 0.0984. The second-order valence-corrected chi connectivity index (χ2v) is 6.23. The lowest BCUT2D eigenvalue weighted by molar-refractivity contribution is 0.0691. The number of halogens is 2. The van der Waals surface area contributed by atoms with E-state index in [9.17, 15) is 17.6 Å². The van der Waals surface area contributed by atoms with Crippen molar-refractivity contribution in [1.82, 2.24) is 10.2 Å². The van der Waals surface area contributed by atoms with Crippen molar-refractivity contribution in [3.63, 3.8) is 0 Å². The Morgan fingerprint density at radius 1 is 1.45 bits per heavy atom. The van der Waals surface area contributed by atoms with Gasteiger partial charge >= 0.3 is 5.97 Å². The number of aromatic amines is 1. The lowest BCUT2D eigenvalue weighted by Crippen LogP contribution is -2.16. The monoisotopic (exact) mass is 363 g/mol. The van der Waals surface area contributed by atoms with E-state index in [0.29, 0.717) is 0 Å². The van der Waals surface area contributed by atoms with E-state index in [1.807, 2.05) is 0 Å². The van der Waals surface area contributed by atoms with Crippen molar-refractivity contribution in [3.8, 4) is 0 Å². The molecule has 0 radical (unpaired) electrons. The number of H-pyrrole nitrogens is 1. The van der Waals surface area contributed by atoms with Gasteiger partial charge < -0.3 is 5.11 Å². The Labute approximate surface area is 121 Å². The van der Waals surface area contributed by atoms with Gasteiger partial charge in [0, 0.05) is 10.7 Å². The van der Waals surface area contributed by atoms with Gasteiger partial charge in [0.1, 0.15) is 4.90 Å². The molecule has 0 unspecified atom stereocenters. The van der Waals surface area contributed by atoms with Crippen molar-refractivity contribution in [3.05, 3.63) is 40.4 Å². The summed E-state index contributed by atoms with van der Waals surface area (Å²) < 4.78 is 40.3. The second kappa shape index (κ2) is 5.21. The lowest BCUT2D eigenvalue weighted by atomic mass is 10.2. The highest BCUT2D eigenvalue weighted by Crippen LogP contribution is 2.25. The summed E-state index contributed by atoms with van der Waals surface area (Å²) in [7, 11) is -4.27. The van der Waals surface area contributed by atoms with Crippen LogP contribution in [0, 0.1) is 5.82 Å². The Morgan fingerprint density at radius 3 is 2.70 bits per heavy atom. The topological polar surface area (TPSA) is 112 Å². The fourth-order valence-electron chi connectivity index (χ4n) is 1.43. The van der Waals surface area contributed by atoms with E-state index in [4.69, 9.17) is 5.11 Å². The number of hydrogen-bond acceptors (Lipinski definition) is 4. The molecule has 7 nitrogen and oxygen atoms in total. The Hall–Kier alpha value is -1.94. The van der Waals surface area contributed by atoms with Gasteiger partial charge in [-0.1, -0.05) is 15.9 Å². The summed E-state index contributed by atoms with van der Waals surface area (Å²) in [5.41, 5.74) is -0.645. The number of aromatic carboxylic acids is 1. The molecule has 106 valence electrons. The van der Waals surface area contributed by atoms with E-state index in [0.717, 1.165) is 12.1 Å². The molecular weight excluding hydrogens is 357 g/mol. The average Bonchev–Trinajstić information content (AvgIpc) is 2.83. The van der Waals surface area contributed by atoms with Crippen LogP contribution in [0.4, 0.5) is 10.1 Å². The Morgan fingerprint density at radius 2 is 2.15 bits per heavy atom. The van der Waals surface area contributed by atoms with E-state index in [1.54, 1.807) is 0 Å². The molecular formula is C10H7BrFN3O4S. The molecule has 0 fully saturated rings. The number of carbonyl (C=O) groups is 1. The molecule has 1 aromatic heterocycles. The maximum absolute atomic E-state index is 14.0. The third-order valence-corrected chi connectivity index (χ3v) is 4.11. The van der Waals surface area contributed by atoms with Crippen LogP contribution in [0.5, 0.6) is 0 Å². The van der Waals surface area contributed by atoms with Gasteiger partial charge in [-0.15, -0.1) is 0 Å². The molecule has 0 aliphatic heterocycles. The molecule has 1 heterocycles. The van der Waals surface area contributed by atoms with Crippen molar-refractivity contribution < 1.29 is 22.7 Å². The van der Waals surface area contributed by atoms with Crippen LogP contribution >= 0.6 is 15.9 Å². The van der Waals surface area contributed by atoms with E-state index in [-0.39, 0.29) is 10.2 Å². The maximum atomic E-state index is 14.0. The molecule has 0 amide bonds. The Kier molecular flexibility index (Phi) is 3.77. The van der Waals surface area contributed by atoms with Crippen LogP contribution in [0.3, 0.4) is 0 Å². The van der Waals surface area contributed by atoms with Crippen LogP contribution < -0.4 is 4.72 Å². The summed E-state index contributed by atoms with van der Waals surface area (Å²) in [4.78, 5) is 10.1. The van der Waals surface area contributed by atoms with Crippen molar-refractivity contribution in [2.45, 2.75) is 4.90 Å². The van der Waals surface area contributed by atoms with Gasteiger partial charge in [-0.05, 0) is 12.1 Å². The highest BCUT2D eigenvalue weighted by Gasteiger charge is 2.25. The summed E-state index contributed by atoms with van der Waals surface area (Å²) in [5, 5.41) is 14.8. The van der Waals surface area contributed by atoms with Crippen LogP contribution in [0.15, 0.2) is 33.9 Å². The van der Waals surface area contributed by atoms with E-state index >= 15 is 0 Å². The standard InChI is InChI=1S/C10H7BrFN3O4S/c11-5-1-7(10(16)17)9(12)8(2-5)20(18,19)15-6-3-13-14-4-6/h1-4,15H,(H,13,14)(H,16,17). The van der Waals surface area contributed by atoms with Crippen molar-refractivity contribution in [2.24, 2.45) is 0 Å². The van der Waals surface area contributed by atoms with Crippen molar-refractivity contribution in [1.29, 1.82) is 0 Å². The number of hydrogen-bond donors (Lipinski definition) is 3. The van der Waals surface area contributed by atoms with Crippen LogP contribution in [0.2, 0.25) is 0 Å². The van der Waals surface area contributed by atoms with E-state index < -0.39 is 32.3 Å². The molecule has 0 saturated heterocycles. The number of anilines is 1. The Balaban J connectivity index is 2.54. The lowest BCUT2D eigenvalue weighted by Gasteiger charge is -2.09. The molecule has 0 atom stereocenters. The third kappa shape index (κ3) is 2.80. The van der Waals surface area contributed by atoms with Gasteiger partial charge in [-0.3, -0.25) is 9.82 Å². The van der Waals surface area contributed by atoms with Gasteiger partial charge in [-0.2, -0.15) is 5.10 Å². The smallest absolute Gasteiger partial charge is 0.338 e. The molecule has 2 rings (SSSR count). The first kappa shape index (κ1) is 14.5. The molecule has 10 heteroatoms. The highest BCUT2D eigenvalue weighted by molar-refractivity contribution is 9.10. The van der Waals surface area contributed by atoms with E-state index in [1.165, 1.54) is 12.4 Å². The van der Waals surface area contributed by atoms with Crippen LogP contribution in [0.25, 0.3) is 0 Å². The number of nitrogens with zero attached hydrogens (tertiary/aromatic N) is 1. The molecule has 0 saturated carbocycles. The predicted molar refractivity (Wildman–Crippen MR) is 70.5 cm³/mol. The van der Waals surface area contributed by atoms with Gasteiger partial charge in [0.2, 0.25) is 0 Å². The second-order valence-electron chi connectivity index (χ2n) is 3.66. The fraction of sp³-hybridized carbons (Fsp3) is 0. The summed E-state index contributed by atoms with van der Waals surface area (Å²) in [6.45, 7) is 0. The van der Waals surface area contributed by atoms with Gasteiger partial charge in [0.25, 0.3) is 10.0 Å². The maximum Gasteiger partial charge on any atom is 0.338 e. The number of rotatable bonds is 4. The number of sulfonamides is 1. The zero-order valence-corrected chi connectivity index (χ0v) is 12.0. The summed E-state index contributed by atoms with van der Waals surface area (Å²) in [5.74, 6) is -2.90. The first-order valence-corrected chi connectivity index (χ1v) is 7.33. The number of carboxylic acid groups (broad SMARTS) is 1. The predicted octanol–water partition coefficient (Wildman–Crippen LogP) is 1.81. The minimum Gasteiger partial charge on any atom is -0.478 e. The molecule has 0 spiro atoms. The fourth-order valence-corrected chi connectivity index (χ4v) is 3.20. The first-order chi connectivity index (χ1) is 9.31. The molecule has 0 aliphatic carbocycles. The number of aromatic nitrogens is 2. The van der Waals surface area contributed by atoms with Crippen molar-refractivity contribution >= 4 is 37.6 Å². The van der Waals surface area contributed by atoms with Crippen LogP contribution in [-0.4, -0.2) is 29.7 Å². The summed E-state index contributed by atoms with van der Waals surface area (Å²) in [6, 6.07) is 1.96. The molecule has 20 heavy (non-hydrogen) atoms. The van der Waals surface area contributed by atoms with E-state index in [2.05, 4.69) is 30.8 Å². The van der Waals surface area contributed by atoms with Crippen LogP contribution in [-0.2, 0) is 10.0 Å². The molecule has 2 aromatic rings. The molecule has 3 N–H and O–H groups in total. The number of nitrogens with one attached hydrogen (secondary N) is 2. The van der Waals surface area contributed by atoms with Crippen LogP contribution in [0.1, 0.15) is 10.4 Å². The van der Waals surface area contributed by atoms with Gasteiger partial charge in [0.15, 0.2) is 5.82 Å². The molecule has 0 aliphatic rings. The summed E-state index contributed by atoms with van der Waals surface area (Å²) in [6.07, 6.45) is 2.44. The average molecular weight is 364 g/mol. The minimum atomic E-state index is -4.27. The van der Waals surface area contributed by atoms with Gasteiger partial charge in [-0.25, -0.2) is 17.6 Å². The SMILES string of the molecule is O=C(O)c1cc(Br)cc(S(=O)(=O)Nc2cn[nH]c2)c1F. The number of carboxylic acids is 1. The summed E-state index contributed by atoms with van der Waals surface area (Å²) >= 11 is 2.95. The first-order valence-electron chi connectivity index (χ1n) is 5.05. The van der Waals surface area contributed by atoms with Crippen molar-refractivity contribution in [2.75, 3.05) is 4.72 Å². The quantitative estimate of drug-likeness (QED) is 0.766. The number of benzene rings is 1. The molecule has 0 bridgehead atoms. The molecule has 1 aromatic carbocycles. The Bertz CT molecular complexity index is 761. The third-order valence-electron chi connectivity index (χ3n) is 2.27. The zero-order chi connectivity index (χ0) is 14.9. The van der Waals surface area contributed by atoms with Gasteiger partial charge in [0.05, 0.1) is 17.4 Å². The largest absolute Gasteiger partial charge is 0.478 e.